The van der Waals surface area contributed by atoms with Gasteiger partial charge in [0.2, 0.25) is 0 Å². The fraction of sp³-hybridized carbons (Fsp3) is 0.192. The minimum Gasteiger partial charge on any atom is -0.494 e. The number of ether oxygens (including phenoxy) is 3. The van der Waals surface area contributed by atoms with E-state index in [2.05, 4.69) is 17.5 Å². The number of esters is 1. The number of amides is 1. The molecule has 1 amide bonds. The molecule has 0 unspecified atom stereocenters. The zero-order valence-corrected chi connectivity index (χ0v) is 18.4. The molecule has 0 aromatic heterocycles. The monoisotopic (exact) mass is 446 g/mol. The third-order valence-electron chi connectivity index (χ3n) is 4.46. The van der Waals surface area contributed by atoms with Gasteiger partial charge in [-0.05, 0) is 72.6 Å². The molecule has 0 saturated carbocycles. The van der Waals surface area contributed by atoms with Gasteiger partial charge < -0.3 is 14.2 Å². The topological polar surface area (TPSA) is 86.2 Å². The van der Waals surface area contributed by atoms with Crippen molar-refractivity contribution in [3.05, 3.63) is 90.0 Å². The third-order valence-corrected chi connectivity index (χ3v) is 4.46. The zero-order chi connectivity index (χ0) is 23.3. The van der Waals surface area contributed by atoms with Gasteiger partial charge in [0, 0.05) is 0 Å². The van der Waals surface area contributed by atoms with Gasteiger partial charge in [-0.1, -0.05) is 31.5 Å². The van der Waals surface area contributed by atoms with E-state index in [1.54, 1.807) is 60.7 Å². The van der Waals surface area contributed by atoms with Gasteiger partial charge in [0.15, 0.2) is 6.61 Å². The molecule has 0 aliphatic rings. The molecule has 0 saturated heterocycles. The maximum Gasteiger partial charge on any atom is 0.343 e. The molecule has 3 aromatic carbocycles. The van der Waals surface area contributed by atoms with Crippen LogP contribution in [0.2, 0.25) is 0 Å². The molecular formula is C26H26N2O5. The van der Waals surface area contributed by atoms with Crippen LogP contribution in [0.4, 0.5) is 0 Å². The molecular weight excluding hydrogens is 420 g/mol. The van der Waals surface area contributed by atoms with Gasteiger partial charge in [-0.3, -0.25) is 4.79 Å². The molecule has 0 aliphatic heterocycles. The van der Waals surface area contributed by atoms with Crippen molar-refractivity contribution >= 4 is 18.1 Å². The lowest BCUT2D eigenvalue weighted by atomic mass is 10.2. The second-order valence-corrected chi connectivity index (χ2v) is 7.08. The molecule has 0 fully saturated rings. The number of nitrogens with zero attached hydrogens (tertiary/aromatic N) is 1. The molecule has 0 bridgehead atoms. The van der Waals surface area contributed by atoms with E-state index in [9.17, 15) is 9.59 Å². The first-order valence-electron chi connectivity index (χ1n) is 10.7. The zero-order valence-electron chi connectivity index (χ0n) is 18.4. The van der Waals surface area contributed by atoms with E-state index in [-0.39, 0.29) is 12.5 Å². The van der Waals surface area contributed by atoms with Crippen LogP contribution in [-0.2, 0) is 4.79 Å². The lowest BCUT2D eigenvalue weighted by molar-refractivity contribution is -0.123. The molecule has 33 heavy (non-hydrogen) atoms. The summed E-state index contributed by atoms with van der Waals surface area (Å²) < 4.78 is 16.3. The Labute approximate surface area is 193 Å². The predicted octanol–water partition coefficient (Wildman–Crippen LogP) is 4.61. The van der Waals surface area contributed by atoms with Crippen LogP contribution in [0.1, 0.15) is 35.7 Å². The van der Waals surface area contributed by atoms with Crippen LogP contribution in [0.5, 0.6) is 17.2 Å². The van der Waals surface area contributed by atoms with E-state index < -0.39 is 5.97 Å². The number of hydrazone groups is 1. The SMILES string of the molecule is CCCCOc1ccc(C(=O)Oc2ccc(/C=N/NC(=O)COc3ccccc3)cc2)cc1. The van der Waals surface area contributed by atoms with Crippen LogP contribution >= 0.6 is 0 Å². The Bertz CT molecular complexity index is 1050. The normalized spacial score (nSPS) is 10.6. The first kappa shape index (κ1) is 23.5. The van der Waals surface area contributed by atoms with Crippen LogP contribution in [-0.4, -0.2) is 31.3 Å². The molecule has 7 heteroatoms. The van der Waals surface area contributed by atoms with Crippen molar-refractivity contribution in [2.45, 2.75) is 19.8 Å². The summed E-state index contributed by atoms with van der Waals surface area (Å²) in [6.07, 6.45) is 3.54. The lowest BCUT2D eigenvalue weighted by Gasteiger charge is -2.07. The number of rotatable bonds is 11. The summed E-state index contributed by atoms with van der Waals surface area (Å²) in [7, 11) is 0. The number of benzene rings is 3. The van der Waals surface area contributed by atoms with Crippen molar-refractivity contribution in [2.24, 2.45) is 5.10 Å². The highest BCUT2D eigenvalue weighted by atomic mass is 16.5. The van der Waals surface area contributed by atoms with Gasteiger partial charge in [0.05, 0.1) is 18.4 Å². The Morgan fingerprint density at radius 2 is 1.52 bits per heavy atom. The summed E-state index contributed by atoms with van der Waals surface area (Å²) in [6.45, 7) is 2.62. The summed E-state index contributed by atoms with van der Waals surface area (Å²) in [4.78, 5) is 24.1. The van der Waals surface area contributed by atoms with Crippen molar-refractivity contribution in [1.29, 1.82) is 0 Å². The van der Waals surface area contributed by atoms with E-state index >= 15 is 0 Å². The van der Waals surface area contributed by atoms with Crippen LogP contribution in [0, 0.1) is 0 Å². The second-order valence-electron chi connectivity index (χ2n) is 7.08. The minimum atomic E-state index is -0.456. The molecule has 0 radical (unpaired) electrons. The fourth-order valence-electron chi connectivity index (χ4n) is 2.69. The first-order chi connectivity index (χ1) is 16.1. The molecule has 0 aliphatic carbocycles. The largest absolute Gasteiger partial charge is 0.494 e. The van der Waals surface area contributed by atoms with Gasteiger partial charge in [-0.15, -0.1) is 0 Å². The predicted molar refractivity (Wildman–Crippen MR) is 126 cm³/mol. The summed E-state index contributed by atoms with van der Waals surface area (Å²) in [5, 5.41) is 3.90. The smallest absolute Gasteiger partial charge is 0.343 e. The highest BCUT2D eigenvalue weighted by Crippen LogP contribution is 2.17. The summed E-state index contributed by atoms with van der Waals surface area (Å²) in [5.41, 5.74) is 3.56. The van der Waals surface area contributed by atoms with E-state index in [4.69, 9.17) is 14.2 Å². The quantitative estimate of drug-likeness (QED) is 0.153. The third kappa shape index (κ3) is 8.14. The van der Waals surface area contributed by atoms with Crippen LogP contribution in [0.3, 0.4) is 0 Å². The number of hydrogen-bond acceptors (Lipinski definition) is 6. The standard InChI is InChI=1S/C26H26N2O5/c1-2-3-17-31-23-15-11-21(12-16-23)26(30)33-24-13-9-20(10-14-24)18-27-28-25(29)19-32-22-7-5-4-6-8-22/h4-16,18H,2-3,17,19H2,1H3,(H,28,29)/b27-18+. The van der Waals surface area contributed by atoms with Gasteiger partial charge in [-0.25, -0.2) is 10.2 Å². The van der Waals surface area contributed by atoms with Crippen LogP contribution in [0.15, 0.2) is 84.0 Å². The van der Waals surface area contributed by atoms with Crippen molar-refractivity contribution in [2.75, 3.05) is 13.2 Å². The Morgan fingerprint density at radius 3 is 2.21 bits per heavy atom. The number of hydrogen-bond donors (Lipinski definition) is 1. The average Bonchev–Trinajstić information content (AvgIpc) is 2.85. The number of unbranched alkanes of at least 4 members (excludes halogenated alkanes) is 1. The highest BCUT2D eigenvalue weighted by molar-refractivity contribution is 5.91. The van der Waals surface area contributed by atoms with Gasteiger partial charge in [0.25, 0.3) is 5.91 Å². The van der Waals surface area contributed by atoms with Gasteiger partial charge >= 0.3 is 5.97 Å². The molecule has 170 valence electrons. The Kier molecular flexibility index (Phi) is 9.03. The number of carbonyl (C=O) groups excluding carboxylic acids is 2. The Hall–Kier alpha value is -4.13. The van der Waals surface area contributed by atoms with Crippen molar-refractivity contribution in [3.8, 4) is 17.2 Å². The molecule has 0 spiro atoms. The lowest BCUT2D eigenvalue weighted by Crippen LogP contribution is -2.24. The number of para-hydroxylation sites is 1. The molecule has 0 heterocycles. The fourth-order valence-corrected chi connectivity index (χ4v) is 2.69. The minimum absolute atomic E-state index is 0.137. The van der Waals surface area contributed by atoms with Crippen LogP contribution in [0.25, 0.3) is 0 Å². The van der Waals surface area contributed by atoms with Gasteiger partial charge in [0.1, 0.15) is 17.2 Å². The van der Waals surface area contributed by atoms with E-state index in [1.807, 2.05) is 18.2 Å². The number of carbonyl (C=O) groups is 2. The molecule has 3 rings (SSSR count). The Balaban J connectivity index is 1.43. The summed E-state index contributed by atoms with van der Waals surface area (Å²) in [6, 6.07) is 22.7. The van der Waals surface area contributed by atoms with E-state index in [0.717, 1.165) is 24.2 Å². The molecule has 0 atom stereocenters. The first-order valence-corrected chi connectivity index (χ1v) is 10.7. The van der Waals surface area contributed by atoms with Crippen molar-refractivity contribution in [1.82, 2.24) is 5.43 Å². The maximum atomic E-state index is 12.3. The molecule has 7 nitrogen and oxygen atoms in total. The van der Waals surface area contributed by atoms with Crippen LogP contribution < -0.4 is 19.6 Å². The Morgan fingerprint density at radius 1 is 0.848 bits per heavy atom. The number of nitrogens with one attached hydrogen (secondary N) is 1. The maximum absolute atomic E-state index is 12.3. The van der Waals surface area contributed by atoms with E-state index in [1.165, 1.54) is 6.21 Å². The molecule has 1 N–H and O–H groups in total. The highest BCUT2D eigenvalue weighted by Gasteiger charge is 2.09. The summed E-state index contributed by atoms with van der Waals surface area (Å²) >= 11 is 0. The van der Waals surface area contributed by atoms with Crippen molar-refractivity contribution in [3.63, 3.8) is 0 Å². The van der Waals surface area contributed by atoms with Crippen molar-refractivity contribution < 1.29 is 23.8 Å². The molecule has 3 aromatic rings. The summed E-state index contributed by atoms with van der Waals surface area (Å²) in [5.74, 6) is 0.908. The average molecular weight is 447 g/mol. The second kappa shape index (κ2) is 12.7. The van der Waals surface area contributed by atoms with E-state index in [0.29, 0.717) is 23.7 Å². The van der Waals surface area contributed by atoms with Gasteiger partial charge in [-0.2, -0.15) is 5.10 Å².